The summed E-state index contributed by atoms with van der Waals surface area (Å²) >= 11 is 0. The fraction of sp³-hybridized carbons (Fsp3) is 0.600. The van der Waals surface area contributed by atoms with Gasteiger partial charge in [0, 0.05) is 6.54 Å². The number of hydrogen-bond donors (Lipinski definition) is 1. The number of rotatable bonds is 7. The first-order chi connectivity index (χ1) is 7.79. The van der Waals surface area contributed by atoms with Crippen molar-refractivity contribution < 1.29 is 0 Å². The summed E-state index contributed by atoms with van der Waals surface area (Å²) in [5.74, 6) is 0.682. The Kier molecular flexibility index (Phi) is 6.17. The lowest BCUT2D eigenvalue weighted by Gasteiger charge is -2.19. The van der Waals surface area contributed by atoms with Gasteiger partial charge in [0.25, 0.3) is 0 Å². The first-order valence-electron chi connectivity index (χ1n) is 6.55. The molecule has 90 valence electrons. The topological polar surface area (TPSA) is 12.0 Å². The van der Waals surface area contributed by atoms with Gasteiger partial charge in [-0.1, -0.05) is 51.0 Å². The van der Waals surface area contributed by atoms with Gasteiger partial charge in [-0.3, -0.25) is 0 Å². The van der Waals surface area contributed by atoms with Crippen LogP contribution < -0.4 is 5.32 Å². The highest BCUT2D eigenvalue weighted by Crippen LogP contribution is 2.24. The minimum absolute atomic E-state index is 0.682. The Labute approximate surface area is 100 Å². The average Bonchev–Trinajstić information content (AvgIpc) is 2.31. The molecule has 0 aromatic heterocycles. The normalized spacial score (nSPS) is 12.7. The molecule has 1 heteroatoms. The quantitative estimate of drug-likeness (QED) is 0.734. The van der Waals surface area contributed by atoms with Crippen LogP contribution in [-0.4, -0.2) is 13.1 Å². The molecule has 1 rings (SSSR count). The average molecular weight is 219 g/mol. The maximum absolute atomic E-state index is 3.48. The van der Waals surface area contributed by atoms with Gasteiger partial charge in [-0.25, -0.2) is 0 Å². The van der Waals surface area contributed by atoms with E-state index in [2.05, 4.69) is 50.4 Å². The van der Waals surface area contributed by atoms with E-state index in [1.807, 2.05) is 0 Å². The minimum Gasteiger partial charge on any atom is -0.316 e. The molecule has 0 aliphatic heterocycles. The Morgan fingerprint density at radius 1 is 1.19 bits per heavy atom. The molecule has 1 N–H and O–H groups in total. The number of likely N-dealkylation sites (N-methyl/N-ethyl adjacent to an activating group) is 1. The highest BCUT2D eigenvalue weighted by molar-refractivity contribution is 5.29. The fourth-order valence-corrected chi connectivity index (χ4v) is 2.18. The summed E-state index contributed by atoms with van der Waals surface area (Å²) in [6, 6.07) is 8.80. The summed E-state index contributed by atoms with van der Waals surface area (Å²) in [5.41, 5.74) is 2.96. The number of unbranched alkanes of at least 4 members (excludes halogenated alkanes) is 1. The first-order valence-corrected chi connectivity index (χ1v) is 6.55. The molecule has 0 heterocycles. The van der Waals surface area contributed by atoms with Crippen LogP contribution in [0.1, 0.15) is 50.2 Å². The highest BCUT2D eigenvalue weighted by Gasteiger charge is 2.12. The lowest BCUT2D eigenvalue weighted by molar-refractivity contribution is 0.536. The van der Waals surface area contributed by atoms with Crippen molar-refractivity contribution in [3.05, 3.63) is 35.4 Å². The van der Waals surface area contributed by atoms with Crippen LogP contribution in [-0.2, 0) is 0 Å². The van der Waals surface area contributed by atoms with E-state index in [0.717, 1.165) is 13.1 Å². The predicted octanol–water partition coefficient (Wildman–Crippen LogP) is 3.88. The van der Waals surface area contributed by atoms with Gasteiger partial charge < -0.3 is 5.32 Å². The second-order valence-electron chi connectivity index (χ2n) is 4.50. The van der Waals surface area contributed by atoms with Gasteiger partial charge >= 0.3 is 0 Å². The molecule has 1 atom stereocenters. The van der Waals surface area contributed by atoms with Crippen LogP contribution in [0.5, 0.6) is 0 Å². The molecule has 1 aromatic rings. The lowest BCUT2D eigenvalue weighted by Crippen LogP contribution is -2.21. The molecule has 0 amide bonds. The van der Waals surface area contributed by atoms with Crippen LogP contribution in [0.3, 0.4) is 0 Å². The molecule has 0 aliphatic rings. The molecule has 0 radical (unpaired) electrons. The molecular formula is C15H25N. The van der Waals surface area contributed by atoms with E-state index < -0.39 is 0 Å². The number of hydrogen-bond acceptors (Lipinski definition) is 1. The van der Waals surface area contributed by atoms with Crippen molar-refractivity contribution in [2.45, 2.75) is 46.0 Å². The highest BCUT2D eigenvalue weighted by atomic mass is 14.8. The zero-order valence-electron chi connectivity index (χ0n) is 10.9. The van der Waals surface area contributed by atoms with E-state index in [1.165, 1.54) is 30.4 Å². The van der Waals surface area contributed by atoms with Crippen LogP contribution in [0.25, 0.3) is 0 Å². The van der Waals surface area contributed by atoms with E-state index in [0.29, 0.717) is 5.92 Å². The Morgan fingerprint density at radius 2 is 1.94 bits per heavy atom. The van der Waals surface area contributed by atoms with E-state index in [-0.39, 0.29) is 0 Å². The Bertz CT molecular complexity index is 285. The van der Waals surface area contributed by atoms with Gasteiger partial charge in [-0.2, -0.15) is 0 Å². The summed E-state index contributed by atoms with van der Waals surface area (Å²) in [5, 5.41) is 3.48. The molecule has 1 unspecified atom stereocenters. The van der Waals surface area contributed by atoms with Gasteiger partial charge in [-0.15, -0.1) is 0 Å². The van der Waals surface area contributed by atoms with Gasteiger partial charge in [0.1, 0.15) is 0 Å². The largest absolute Gasteiger partial charge is 0.316 e. The van der Waals surface area contributed by atoms with Gasteiger partial charge in [-0.05, 0) is 36.9 Å². The molecule has 0 saturated heterocycles. The van der Waals surface area contributed by atoms with Crippen LogP contribution >= 0.6 is 0 Å². The summed E-state index contributed by atoms with van der Waals surface area (Å²) in [6.07, 6.45) is 3.91. The van der Waals surface area contributed by atoms with E-state index >= 15 is 0 Å². The SMILES string of the molecule is CCCCC(CNCC)c1ccccc1C. The molecule has 0 saturated carbocycles. The van der Waals surface area contributed by atoms with Crippen molar-refractivity contribution in [3.63, 3.8) is 0 Å². The van der Waals surface area contributed by atoms with Crippen LogP contribution in [0.4, 0.5) is 0 Å². The first kappa shape index (κ1) is 13.2. The summed E-state index contributed by atoms with van der Waals surface area (Å²) in [7, 11) is 0. The number of nitrogens with one attached hydrogen (secondary N) is 1. The van der Waals surface area contributed by atoms with Crippen LogP contribution in [0.15, 0.2) is 24.3 Å². The zero-order chi connectivity index (χ0) is 11.8. The molecule has 0 spiro atoms. The van der Waals surface area contributed by atoms with Crippen LogP contribution in [0, 0.1) is 6.92 Å². The maximum Gasteiger partial charge on any atom is 0.00201 e. The molecule has 1 nitrogen and oxygen atoms in total. The van der Waals surface area contributed by atoms with E-state index in [1.54, 1.807) is 0 Å². The third-order valence-electron chi connectivity index (χ3n) is 3.18. The third-order valence-corrected chi connectivity index (χ3v) is 3.18. The zero-order valence-corrected chi connectivity index (χ0v) is 10.9. The molecular weight excluding hydrogens is 194 g/mol. The van der Waals surface area contributed by atoms with Gasteiger partial charge in [0.15, 0.2) is 0 Å². The molecule has 1 aromatic carbocycles. The number of benzene rings is 1. The Hall–Kier alpha value is -0.820. The molecule has 16 heavy (non-hydrogen) atoms. The lowest BCUT2D eigenvalue weighted by atomic mass is 9.90. The van der Waals surface area contributed by atoms with Crippen molar-refractivity contribution in [2.75, 3.05) is 13.1 Å². The van der Waals surface area contributed by atoms with E-state index in [4.69, 9.17) is 0 Å². The standard InChI is InChI=1S/C15H25N/c1-4-6-10-14(12-16-5-2)15-11-8-7-9-13(15)3/h7-9,11,14,16H,4-6,10,12H2,1-3H3. The monoisotopic (exact) mass is 219 g/mol. The fourth-order valence-electron chi connectivity index (χ4n) is 2.18. The smallest absolute Gasteiger partial charge is 0.00201 e. The summed E-state index contributed by atoms with van der Waals surface area (Å²) < 4.78 is 0. The van der Waals surface area contributed by atoms with Crippen molar-refractivity contribution in [1.82, 2.24) is 5.32 Å². The second kappa shape index (κ2) is 7.45. The third kappa shape index (κ3) is 3.97. The van der Waals surface area contributed by atoms with Crippen molar-refractivity contribution >= 4 is 0 Å². The van der Waals surface area contributed by atoms with E-state index in [9.17, 15) is 0 Å². The Morgan fingerprint density at radius 3 is 2.56 bits per heavy atom. The van der Waals surface area contributed by atoms with Crippen molar-refractivity contribution in [3.8, 4) is 0 Å². The predicted molar refractivity (Wildman–Crippen MR) is 72.0 cm³/mol. The van der Waals surface area contributed by atoms with Crippen molar-refractivity contribution in [2.24, 2.45) is 0 Å². The second-order valence-corrected chi connectivity index (χ2v) is 4.50. The molecule has 0 fully saturated rings. The summed E-state index contributed by atoms with van der Waals surface area (Å²) in [6.45, 7) is 8.84. The number of aryl methyl sites for hydroxylation is 1. The van der Waals surface area contributed by atoms with Crippen molar-refractivity contribution in [1.29, 1.82) is 0 Å². The molecule has 0 aliphatic carbocycles. The maximum atomic E-state index is 3.48. The Balaban J connectivity index is 2.70. The van der Waals surface area contributed by atoms with Gasteiger partial charge in [0.2, 0.25) is 0 Å². The summed E-state index contributed by atoms with van der Waals surface area (Å²) in [4.78, 5) is 0. The minimum atomic E-state index is 0.682. The van der Waals surface area contributed by atoms with Crippen LogP contribution in [0.2, 0.25) is 0 Å². The molecule has 0 bridgehead atoms. The van der Waals surface area contributed by atoms with Gasteiger partial charge in [0.05, 0.1) is 0 Å².